The van der Waals surface area contributed by atoms with Crippen molar-refractivity contribution >= 4 is 5.91 Å². The second-order valence-corrected chi connectivity index (χ2v) is 19.0. The molecule has 0 aliphatic carbocycles. The number of rotatable bonds is 46. The molecule has 6 N–H and O–H groups in total. The smallest absolute Gasteiger partial charge is 0.220 e. The molecule has 1 fully saturated rings. The summed E-state index contributed by atoms with van der Waals surface area (Å²) < 4.78 is 11.2. The predicted molar refractivity (Wildman–Crippen MR) is 276 cm³/mol. The molecule has 0 radical (unpaired) electrons. The number of amides is 1. The first-order valence-corrected chi connectivity index (χ1v) is 27.5. The summed E-state index contributed by atoms with van der Waals surface area (Å²) in [5.74, 6) is -0.177. The third kappa shape index (κ3) is 36.0. The van der Waals surface area contributed by atoms with Gasteiger partial charge in [-0.1, -0.05) is 235 Å². The maximum Gasteiger partial charge on any atom is 0.220 e. The van der Waals surface area contributed by atoms with Crippen molar-refractivity contribution in [3.8, 4) is 0 Å². The van der Waals surface area contributed by atoms with Crippen LogP contribution in [0.4, 0.5) is 0 Å². The fourth-order valence-electron chi connectivity index (χ4n) is 8.50. The molecule has 0 aromatic carbocycles. The minimum absolute atomic E-state index is 0.177. The van der Waals surface area contributed by atoms with Crippen LogP contribution < -0.4 is 5.32 Å². The van der Waals surface area contributed by atoms with Crippen molar-refractivity contribution in [2.24, 2.45) is 0 Å². The lowest BCUT2D eigenvalue weighted by Gasteiger charge is -2.40. The van der Waals surface area contributed by atoms with Crippen molar-refractivity contribution in [1.82, 2.24) is 5.32 Å². The Labute approximate surface area is 405 Å². The quantitative estimate of drug-likeness (QED) is 0.0261. The van der Waals surface area contributed by atoms with Crippen molar-refractivity contribution < 1.29 is 39.8 Å². The van der Waals surface area contributed by atoms with Crippen molar-refractivity contribution in [2.45, 2.75) is 281 Å². The Kier molecular flexibility index (Phi) is 43.7. The first kappa shape index (κ1) is 61.9. The fourth-order valence-corrected chi connectivity index (χ4v) is 8.50. The predicted octanol–water partition coefficient (Wildman–Crippen LogP) is 13.1. The zero-order valence-electron chi connectivity index (χ0n) is 42.4. The number of nitrogens with one attached hydrogen (secondary N) is 1. The fraction of sp³-hybridized carbons (Fsp3) is 0.807. The zero-order chi connectivity index (χ0) is 48.0. The highest BCUT2D eigenvalue weighted by molar-refractivity contribution is 5.76. The van der Waals surface area contributed by atoms with Gasteiger partial charge in [0.25, 0.3) is 0 Å². The summed E-state index contributed by atoms with van der Waals surface area (Å²) in [6, 6.07) is -0.804. The maximum atomic E-state index is 13.0. The molecular formula is C57H103NO8. The Hall–Kier alpha value is -2.11. The molecule has 9 heteroatoms. The second-order valence-electron chi connectivity index (χ2n) is 19.0. The summed E-state index contributed by atoms with van der Waals surface area (Å²) >= 11 is 0. The van der Waals surface area contributed by atoms with Crippen LogP contribution >= 0.6 is 0 Å². The van der Waals surface area contributed by atoms with E-state index in [9.17, 15) is 30.3 Å². The van der Waals surface area contributed by atoms with Crippen LogP contribution in [-0.2, 0) is 14.3 Å². The van der Waals surface area contributed by atoms with Gasteiger partial charge in [-0.2, -0.15) is 0 Å². The van der Waals surface area contributed by atoms with Crippen molar-refractivity contribution in [2.75, 3.05) is 13.2 Å². The van der Waals surface area contributed by atoms with Crippen LogP contribution in [0.2, 0.25) is 0 Å². The Morgan fingerprint density at radius 2 is 0.939 bits per heavy atom. The number of allylic oxidation sites excluding steroid dienone is 9. The molecule has 66 heavy (non-hydrogen) atoms. The van der Waals surface area contributed by atoms with Gasteiger partial charge < -0.3 is 40.3 Å². The summed E-state index contributed by atoms with van der Waals surface area (Å²) in [4.78, 5) is 13.0. The molecule has 384 valence electrons. The van der Waals surface area contributed by atoms with Gasteiger partial charge in [-0.3, -0.25) is 4.79 Å². The second kappa shape index (κ2) is 46.6. The summed E-state index contributed by atoms with van der Waals surface area (Å²) in [5, 5.41) is 54.3. The van der Waals surface area contributed by atoms with E-state index in [-0.39, 0.29) is 12.5 Å². The molecule has 7 unspecified atom stereocenters. The number of aliphatic hydroxyl groups is 5. The van der Waals surface area contributed by atoms with Crippen LogP contribution in [0.1, 0.15) is 239 Å². The van der Waals surface area contributed by atoms with Gasteiger partial charge in [-0.15, -0.1) is 0 Å². The number of ether oxygens (including phenoxy) is 2. The molecule has 9 nitrogen and oxygen atoms in total. The molecule has 0 aromatic heterocycles. The van der Waals surface area contributed by atoms with Gasteiger partial charge in [0, 0.05) is 6.42 Å². The van der Waals surface area contributed by atoms with Gasteiger partial charge in [0.15, 0.2) is 6.29 Å². The molecule has 1 rings (SSSR count). The van der Waals surface area contributed by atoms with E-state index >= 15 is 0 Å². The molecule has 0 saturated carbocycles. The number of unbranched alkanes of at least 4 members (excludes halogenated alkanes) is 28. The highest BCUT2D eigenvalue weighted by atomic mass is 16.7. The number of hydrogen-bond donors (Lipinski definition) is 6. The largest absolute Gasteiger partial charge is 0.394 e. The molecule has 0 aromatic rings. The summed E-state index contributed by atoms with van der Waals surface area (Å²) in [6.45, 7) is 3.66. The molecule has 1 amide bonds. The molecule has 0 bridgehead atoms. The van der Waals surface area contributed by atoms with Crippen LogP contribution in [0.3, 0.4) is 0 Å². The van der Waals surface area contributed by atoms with Crippen molar-refractivity contribution in [3.63, 3.8) is 0 Å². The third-order valence-electron chi connectivity index (χ3n) is 12.8. The van der Waals surface area contributed by atoms with Crippen LogP contribution in [0, 0.1) is 0 Å². The Morgan fingerprint density at radius 1 is 0.530 bits per heavy atom. The lowest BCUT2D eigenvalue weighted by molar-refractivity contribution is -0.302. The van der Waals surface area contributed by atoms with E-state index in [0.717, 1.165) is 64.2 Å². The standard InChI is InChI=1S/C57H103NO8/c1-3-5-7-9-11-13-15-17-18-19-20-21-22-23-24-25-26-27-28-29-30-31-32-33-34-35-37-39-41-43-45-47-53(61)58-50(49-65-57-56(64)55(63)54(62)52(48-59)66-57)51(60)46-44-42-40-38-36-16-14-12-10-8-6-4-2/h5,7,11,13,17-18,20-21,44,46,50-52,54-57,59-60,62-64H,3-4,6,8-10,12,14-16,19,22-43,45,47-49H2,1-2H3,(H,58,61)/b7-5-,13-11-,18-17-,21-20-,46-44+. The average molecular weight is 930 g/mol. The van der Waals surface area contributed by atoms with Gasteiger partial charge >= 0.3 is 0 Å². The van der Waals surface area contributed by atoms with Crippen LogP contribution in [0.15, 0.2) is 60.8 Å². The summed E-state index contributed by atoms with van der Waals surface area (Å²) in [6.07, 6.45) is 55.8. The summed E-state index contributed by atoms with van der Waals surface area (Å²) in [5.41, 5.74) is 0. The van der Waals surface area contributed by atoms with E-state index in [0.29, 0.717) is 6.42 Å². The van der Waals surface area contributed by atoms with Crippen molar-refractivity contribution in [3.05, 3.63) is 60.8 Å². The SMILES string of the molecule is CC/C=C\C/C=C\C/C=C\C/C=C\CCCCCCCCCCCCCCCCCCCCC(=O)NC(COC1OC(CO)C(O)C(O)C1O)C(O)/C=C/CCCCCCCCCCCC. The Balaban J connectivity index is 2.14. The van der Waals surface area contributed by atoms with Gasteiger partial charge in [-0.25, -0.2) is 0 Å². The molecular weight excluding hydrogens is 827 g/mol. The maximum absolute atomic E-state index is 13.0. The number of aliphatic hydroxyl groups excluding tert-OH is 5. The lowest BCUT2D eigenvalue weighted by atomic mass is 9.99. The van der Waals surface area contributed by atoms with Crippen LogP contribution in [0.5, 0.6) is 0 Å². The normalized spacial score (nSPS) is 20.3. The van der Waals surface area contributed by atoms with Crippen LogP contribution in [0.25, 0.3) is 0 Å². The van der Waals surface area contributed by atoms with E-state index in [2.05, 4.69) is 67.8 Å². The van der Waals surface area contributed by atoms with E-state index < -0.39 is 49.5 Å². The third-order valence-corrected chi connectivity index (χ3v) is 12.8. The Bertz CT molecular complexity index is 1220. The highest BCUT2D eigenvalue weighted by Crippen LogP contribution is 2.23. The van der Waals surface area contributed by atoms with Gasteiger partial charge in [0.05, 0.1) is 25.4 Å². The number of carbonyl (C=O) groups excluding carboxylic acids is 1. The highest BCUT2D eigenvalue weighted by Gasteiger charge is 2.44. The molecule has 0 spiro atoms. The number of carbonyl (C=O) groups is 1. The Morgan fingerprint density at radius 3 is 1.39 bits per heavy atom. The van der Waals surface area contributed by atoms with Gasteiger partial charge in [0.1, 0.15) is 24.4 Å². The molecule has 1 aliphatic heterocycles. The van der Waals surface area contributed by atoms with E-state index in [4.69, 9.17) is 9.47 Å². The lowest BCUT2D eigenvalue weighted by Crippen LogP contribution is -2.60. The first-order chi connectivity index (χ1) is 32.3. The van der Waals surface area contributed by atoms with Gasteiger partial charge in [-0.05, 0) is 57.8 Å². The van der Waals surface area contributed by atoms with Crippen molar-refractivity contribution in [1.29, 1.82) is 0 Å². The van der Waals surface area contributed by atoms with E-state index in [1.807, 2.05) is 6.08 Å². The van der Waals surface area contributed by atoms with E-state index in [1.54, 1.807) is 6.08 Å². The average Bonchev–Trinajstić information content (AvgIpc) is 3.32. The molecule has 1 heterocycles. The molecule has 1 saturated heterocycles. The van der Waals surface area contributed by atoms with Gasteiger partial charge in [0.2, 0.25) is 5.91 Å². The molecule has 1 aliphatic rings. The molecule has 7 atom stereocenters. The van der Waals surface area contributed by atoms with E-state index in [1.165, 1.54) is 154 Å². The summed E-state index contributed by atoms with van der Waals surface area (Å²) in [7, 11) is 0. The monoisotopic (exact) mass is 930 g/mol. The number of hydrogen-bond acceptors (Lipinski definition) is 8. The minimum atomic E-state index is -1.57. The topological polar surface area (TPSA) is 149 Å². The first-order valence-electron chi connectivity index (χ1n) is 27.5. The minimum Gasteiger partial charge on any atom is -0.394 e. The zero-order valence-corrected chi connectivity index (χ0v) is 42.4. The van der Waals surface area contributed by atoms with Crippen LogP contribution in [-0.4, -0.2) is 87.5 Å².